The van der Waals surface area contributed by atoms with Crippen LogP contribution in [0.3, 0.4) is 0 Å². The van der Waals surface area contributed by atoms with Gasteiger partial charge < -0.3 is 10.1 Å². The summed E-state index contributed by atoms with van der Waals surface area (Å²) in [5.74, 6) is 0.502. The van der Waals surface area contributed by atoms with Crippen molar-refractivity contribution in [3.63, 3.8) is 0 Å². The molecule has 2 rings (SSSR count). The second-order valence-electron chi connectivity index (χ2n) is 5.23. The van der Waals surface area contributed by atoms with Gasteiger partial charge in [-0.2, -0.15) is 11.8 Å². The van der Waals surface area contributed by atoms with Gasteiger partial charge in [-0.15, -0.1) is 0 Å². The van der Waals surface area contributed by atoms with Gasteiger partial charge in [0.2, 0.25) is 0 Å². The van der Waals surface area contributed by atoms with E-state index in [0.717, 1.165) is 5.56 Å². The first-order valence-electron chi connectivity index (χ1n) is 7.17. The number of nitrogens with one attached hydrogen (secondary N) is 1. The number of thioether (sulfide) groups is 1. The Labute approximate surface area is 125 Å². The Kier molecular flexibility index (Phi) is 5.49. The van der Waals surface area contributed by atoms with E-state index in [4.69, 9.17) is 4.74 Å². The maximum atomic E-state index is 12.4. The zero-order chi connectivity index (χ0) is 14.4. The van der Waals surface area contributed by atoms with Gasteiger partial charge in [0.05, 0.1) is 7.11 Å². The zero-order valence-electron chi connectivity index (χ0n) is 12.2. The highest BCUT2D eigenvalue weighted by molar-refractivity contribution is 8.00. The number of ether oxygens (including phenoxy) is 1. The molecule has 0 bridgehead atoms. The molecule has 1 unspecified atom stereocenters. The maximum Gasteiger partial charge on any atom is 0.331 e. The highest BCUT2D eigenvalue weighted by Crippen LogP contribution is 2.35. The molecule has 1 fully saturated rings. The van der Waals surface area contributed by atoms with Crippen LogP contribution in [-0.4, -0.2) is 31.1 Å². The number of likely N-dealkylation sites (N-methyl/N-ethyl adjacent to an activating group) is 1. The molecule has 1 atom stereocenters. The smallest absolute Gasteiger partial charge is 0.331 e. The molecule has 0 aliphatic heterocycles. The Morgan fingerprint density at radius 3 is 2.55 bits per heavy atom. The lowest BCUT2D eigenvalue weighted by molar-refractivity contribution is -0.147. The van der Waals surface area contributed by atoms with Gasteiger partial charge in [0.25, 0.3) is 0 Å². The zero-order valence-corrected chi connectivity index (χ0v) is 13.0. The predicted octanol–water partition coefficient (Wildman–Crippen LogP) is 2.95. The molecule has 0 amide bonds. The van der Waals surface area contributed by atoms with E-state index in [0.29, 0.717) is 11.0 Å². The number of rotatable bonds is 6. The molecule has 1 saturated carbocycles. The largest absolute Gasteiger partial charge is 0.467 e. The number of carbonyl (C=O) groups is 1. The average molecular weight is 293 g/mol. The van der Waals surface area contributed by atoms with Gasteiger partial charge in [-0.1, -0.05) is 43.2 Å². The number of esters is 1. The number of hydrogen-bond donors (Lipinski definition) is 1. The predicted molar refractivity (Wildman–Crippen MR) is 83.9 cm³/mol. The average Bonchev–Trinajstić information content (AvgIpc) is 3.02. The minimum Gasteiger partial charge on any atom is -0.467 e. The molecule has 110 valence electrons. The Morgan fingerprint density at radius 1 is 1.35 bits per heavy atom. The summed E-state index contributed by atoms with van der Waals surface area (Å²) in [6.45, 7) is 0. The third-order valence-electron chi connectivity index (χ3n) is 4.06. The van der Waals surface area contributed by atoms with E-state index in [1.54, 1.807) is 0 Å². The molecule has 1 aliphatic carbocycles. The first-order valence-corrected chi connectivity index (χ1v) is 8.22. The molecular formula is C16H23NO2S. The molecule has 1 aliphatic rings. The first-order chi connectivity index (χ1) is 9.73. The molecule has 0 heterocycles. The molecule has 1 aromatic rings. The molecule has 1 aromatic carbocycles. The van der Waals surface area contributed by atoms with Crippen molar-refractivity contribution in [1.29, 1.82) is 0 Å². The molecule has 20 heavy (non-hydrogen) atoms. The van der Waals surface area contributed by atoms with Gasteiger partial charge in [0, 0.05) is 11.0 Å². The fraction of sp³-hybridized carbons (Fsp3) is 0.562. The van der Waals surface area contributed by atoms with E-state index in [1.165, 1.54) is 32.8 Å². The summed E-state index contributed by atoms with van der Waals surface area (Å²) in [5, 5.41) is 3.89. The molecule has 4 heteroatoms. The van der Waals surface area contributed by atoms with Crippen molar-refractivity contribution >= 4 is 17.7 Å². The fourth-order valence-electron chi connectivity index (χ4n) is 2.77. The second-order valence-corrected chi connectivity index (χ2v) is 6.52. The summed E-state index contributed by atoms with van der Waals surface area (Å²) in [4.78, 5) is 12.4. The standard InChI is InChI=1S/C16H23NO2S/c1-17-16(15(18)19-2,13-8-4-3-5-9-13)12-20-14-10-6-7-11-14/h3-5,8-9,14,17H,6-7,10-12H2,1-2H3. The quantitative estimate of drug-likeness (QED) is 0.818. The number of methoxy groups -OCH3 is 1. The second kappa shape index (κ2) is 7.14. The normalized spacial score (nSPS) is 18.7. The molecule has 0 spiro atoms. The van der Waals surface area contributed by atoms with Gasteiger partial charge in [0.1, 0.15) is 0 Å². The van der Waals surface area contributed by atoms with Crippen LogP contribution >= 0.6 is 11.8 Å². The fourth-order valence-corrected chi connectivity index (χ4v) is 4.35. The van der Waals surface area contributed by atoms with Crippen molar-refractivity contribution < 1.29 is 9.53 Å². The summed E-state index contributed by atoms with van der Waals surface area (Å²) in [6.07, 6.45) is 5.16. The summed E-state index contributed by atoms with van der Waals surface area (Å²) in [5.41, 5.74) is 0.225. The van der Waals surface area contributed by atoms with Gasteiger partial charge in [-0.25, -0.2) is 4.79 Å². The minimum atomic E-state index is -0.747. The summed E-state index contributed by atoms with van der Waals surface area (Å²) < 4.78 is 5.06. The van der Waals surface area contributed by atoms with Gasteiger partial charge in [-0.3, -0.25) is 0 Å². The Balaban J connectivity index is 2.20. The molecule has 0 radical (unpaired) electrons. The van der Waals surface area contributed by atoms with E-state index in [2.05, 4.69) is 5.32 Å². The van der Waals surface area contributed by atoms with Crippen LogP contribution in [0.15, 0.2) is 30.3 Å². The van der Waals surface area contributed by atoms with Crippen molar-refractivity contribution in [1.82, 2.24) is 5.32 Å². The number of benzene rings is 1. The van der Waals surface area contributed by atoms with Crippen molar-refractivity contribution in [3.8, 4) is 0 Å². The third kappa shape index (κ3) is 3.18. The third-order valence-corrected chi connectivity index (χ3v) is 5.61. The summed E-state index contributed by atoms with van der Waals surface area (Å²) in [6, 6.07) is 9.87. The van der Waals surface area contributed by atoms with Crippen LogP contribution in [-0.2, 0) is 15.1 Å². The highest BCUT2D eigenvalue weighted by Gasteiger charge is 2.40. The molecule has 0 aromatic heterocycles. The molecule has 0 saturated heterocycles. The van der Waals surface area contributed by atoms with Crippen LogP contribution in [0.25, 0.3) is 0 Å². The number of hydrogen-bond acceptors (Lipinski definition) is 4. The lowest BCUT2D eigenvalue weighted by atomic mass is 9.92. The lowest BCUT2D eigenvalue weighted by Gasteiger charge is -2.31. The van der Waals surface area contributed by atoms with Crippen molar-refractivity contribution in [3.05, 3.63) is 35.9 Å². The van der Waals surface area contributed by atoms with E-state index >= 15 is 0 Å². The van der Waals surface area contributed by atoms with Gasteiger partial charge in [-0.05, 0) is 25.5 Å². The lowest BCUT2D eigenvalue weighted by Crippen LogP contribution is -2.50. The van der Waals surface area contributed by atoms with Crippen molar-refractivity contribution in [2.45, 2.75) is 36.5 Å². The Bertz CT molecular complexity index is 431. The topological polar surface area (TPSA) is 38.3 Å². The van der Waals surface area contributed by atoms with Crippen LogP contribution in [0.4, 0.5) is 0 Å². The first kappa shape index (κ1) is 15.4. The van der Waals surface area contributed by atoms with E-state index in [9.17, 15) is 4.79 Å². The van der Waals surface area contributed by atoms with Gasteiger partial charge in [0.15, 0.2) is 5.54 Å². The van der Waals surface area contributed by atoms with E-state index in [-0.39, 0.29) is 5.97 Å². The van der Waals surface area contributed by atoms with Crippen LogP contribution in [0.1, 0.15) is 31.2 Å². The maximum absolute atomic E-state index is 12.4. The Hall–Kier alpha value is -1.00. The van der Waals surface area contributed by atoms with E-state index in [1.807, 2.05) is 49.1 Å². The monoisotopic (exact) mass is 293 g/mol. The van der Waals surface area contributed by atoms with Crippen LogP contribution in [0.5, 0.6) is 0 Å². The van der Waals surface area contributed by atoms with E-state index < -0.39 is 5.54 Å². The van der Waals surface area contributed by atoms with Crippen LogP contribution in [0.2, 0.25) is 0 Å². The molecule has 3 nitrogen and oxygen atoms in total. The van der Waals surface area contributed by atoms with Crippen molar-refractivity contribution in [2.24, 2.45) is 0 Å². The summed E-state index contributed by atoms with van der Waals surface area (Å²) in [7, 11) is 3.29. The van der Waals surface area contributed by atoms with Crippen LogP contribution < -0.4 is 5.32 Å². The van der Waals surface area contributed by atoms with Crippen LogP contribution in [0, 0.1) is 0 Å². The Morgan fingerprint density at radius 2 is 2.00 bits per heavy atom. The summed E-state index contributed by atoms with van der Waals surface area (Å²) >= 11 is 1.89. The number of carbonyl (C=O) groups excluding carboxylic acids is 1. The molecule has 1 N–H and O–H groups in total. The highest BCUT2D eigenvalue weighted by atomic mass is 32.2. The van der Waals surface area contributed by atoms with Gasteiger partial charge >= 0.3 is 5.97 Å². The minimum absolute atomic E-state index is 0.211. The molecular weight excluding hydrogens is 270 g/mol. The SMILES string of the molecule is CNC(CSC1CCCC1)(C(=O)OC)c1ccccc1. The van der Waals surface area contributed by atoms with Crippen molar-refractivity contribution in [2.75, 3.05) is 19.9 Å².